The van der Waals surface area contributed by atoms with Crippen LogP contribution in [-0.4, -0.2) is 30.9 Å². The molecule has 2 heterocycles. The summed E-state index contributed by atoms with van der Waals surface area (Å²) < 4.78 is 1.95. The number of aryl methyl sites for hydroxylation is 1. The van der Waals surface area contributed by atoms with Crippen molar-refractivity contribution in [2.24, 2.45) is 0 Å². The summed E-state index contributed by atoms with van der Waals surface area (Å²) >= 11 is 2.82. The number of nitrogens with one attached hydrogen (secondary N) is 1. The van der Waals surface area contributed by atoms with Crippen LogP contribution in [0.2, 0.25) is 0 Å². The summed E-state index contributed by atoms with van der Waals surface area (Å²) in [5.74, 6) is -0.0967. The van der Waals surface area contributed by atoms with Gasteiger partial charge in [0, 0.05) is 17.0 Å². The molecule has 1 atom stereocenters. The Bertz CT molecular complexity index is 901. The minimum absolute atomic E-state index is 0.0967. The molecule has 8 heteroatoms. The van der Waals surface area contributed by atoms with Gasteiger partial charge in [-0.15, -0.1) is 21.5 Å². The fourth-order valence-corrected chi connectivity index (χ4v) is 4.14. The van der Waals surface area contributed by atoms with Crippen LogP contribution in [0, 0.1) is 0 Å². The number of anilines is 1. The molecule has 0 bridgehead atoms. The predicted molar refractivity (Wildman–Crippen MR) is 111 cm³/mol. The van der Waals surface area contributed by atoms with E-state index in [1.807, 2.05) is 16.9 Å². The highest BCUT2D eigenvalue weighted by Crippen LogP contribution is 2.27. The number of thiazole rings is 1. The van der Waals surface area contributed by atoms with Crippen molar-refractivity contribution in [3.8, 4) is 11.3 Å². The molecule has 0 unspecified atom stereocenters. The zero-order valence-electron chi connectivity index (χ0n) is 15.8. The van der Waals surface area contributed by atoms with E-state index in [1.54, 1.807) is 6.33 Å². The Hall–Kier alpha value is -2.19. The Morgan fingerprint density at radius 1 is 1.26 bits per heavy atom. The predicted octanol–water partition coefficient (Wildman–Crippen LogP) is 4.66. The molecule has 0 aliphatic heterocycles. The molecule has 3 rings (SSSR count). The Morgan fingerprint density at radius 2 is 2.00 bits per heavy atom. The van der Waals surface area contributed by atoms with Gasteiger partial charge in [-0.2, -0.15) is 0 Å². The van der Waals surface area contributed by atoms with E-state index < -0.39 is 0 Å². The maximum Gasteiger partial charge on any atom is 0.239 e. The first-order valence-electron chi connectivity index (χ1n) is 8.89. The van der Waals surface area contributed by atoms with E-state index in [0.29, 0.717) is 5.13 Å². The monoisotopic (exact) mass is 401 g/mol. The standard InChI is InChI=1S/C19H23N5OS2/c1-5-14-6-8-15(9-7-14)16-10-26-18(21-16)22-17(25)13(4)27-19-23-20-11-24(19)12(2)3/h6-13H,5H2,1-4H3,(H,21,22,25)/t13-/m0/s1. The van der Waals surface area contributed by atoms with Gasteiger partial charge in [0.2, 0.25) is 5.91 Å². The molecule has 0 radical (unpaired) electrons. The van der Waals surface area contributed by atoms with E-state index in [9.17, 15) is 4.79 Å². The maximum absolute atomic E-state index is 12.5. The van der Waals surface area contributed by atoms with E-state index in [-0.39, 0.29) is 17.2 Å². The SMILES string of the molecule is CCc1ccc(-c2csc(NC(=O)[C@H](C)Sc3nncn3C(C)C)n2)cc1. The minimum Gasteiger partial charge on any atom is -0.306 e. The van der Waals surface area contributed by atoms with Crippen molar-refractivity contribution < 1.29 is 4.79 Å². The van der Waals surface area contributed by atoms with E-state index in [2.05, 4.69) is 65.5 Å². The molecule has 1 N–H and O–H groups in total. The highest BCUT2D eigenvalue weighted by molar-refractivity contribution is 8.00. The third-order valence-electron chi connectivity index (χ3n) is 4.14. The number of benzene rings is 1. The highest BCUT2D eigenvalue weighted by Gasteiger charge is 2.20. The molecule has 0 fully saturated rings. The second kappa shape index (κ2) is 8.67. The largest absolute Gasteiger partial charge is 0.306 e. The second-order valence-corrected chi connectivity index (χ2v) is 8.62. The molecule has 2 aromatic heterocycles. The Morgan fingerprint density at radius 3 is 2.67 bits per heavy atom. The Labute approximate surface area is 167 Å². The lowest BCUT2D eigenvalue weighted by Crippen LogP contribution is -2.23. The van der Waals surface area contributed by atoms with Gasteiger partial charge in [0.1, 0.15) is 6.33 Å². The van der Waals surface area contributed by atoms with Gasteiger partial charge in [0.05, 0.1) is 10.9 Å². The van der Waals surface area contributed by atoms with Crippen LogP contribution >= 0.6 is 23.1 Å². The fourth-order valence-electron chi connectivity index (χ4n) is 2.46. The molecule has 27 heavy (non-hydrogen) atoms. The molecular formula is C19H23N5OS2. The summed E-state index contributed by atoms with van der Waals surface area (Å²) in [7, 11) is 0. The van der Waals surface area contributed by atoms with Gasteiger partial charge in [-0.25, -0.2) is 4.98 Å². The number of carbonyl (C=O) groups is 1. The first-order chi connectivity index (χ1) is 13.0. The molecule has 0 spiro atoms. The number of hydrogen-bond acceptors (Lipinski definition) is 6. The topological polar surface area (TPSA) is 72.7 Å². The van der Waals surface area contributed by atoms with Crippen LogP contribution in [0.15, 0.2) is 41.1 Å². The maximum atomic E-state index is 12.5. The van der Waals surface area contributed by atoms with Crippen LogP contribution in [0.25, 0.3) is 11.3 Å². The third kappa shape index (κ3) is 4.75. The first-order valence-corrected chi connectivity index (χ1v) is 10.7. The van der Waals surface area contributed by atoms with Gasteiger partial charge >= 0.3 is 0 Å². The average Bonchev–Trinajstić information content (AvgIpc) is 3.31. The van der Waals surface area contributed by atoms with E-state index in [0.717, 1.165) is 22.8 Å². The fraction of sp³-hybridized carbons (Fsp3) is 0.368. The molecule has 0 saturated carbocycles. The normalized spacial score (nSPS) is 12.3. The summed E-state index contributed by atoms with van der Waals surface area (Å²) in [5, 5.41) is 14.0. The van der Waals surface area contributed by atoms with Gasteiger partial charge in [-0.1, -0.05) is 43.0 Å². The molecule has 0 saturated heterocycles. The lowest BCUT2D eigenvalue weighted by Gasteiger charge is -2.13. The molecular weight excluding hydrogens is 378 g/mol. The highest BCUT2D eigenvalue weighted by atomic mass is 32.2. The number of rotatable bonds is 7. The van der Waals surface area contributed by atoms with Crippen molar-refractivity contribution in [1.82, 2.24) is 19.7 Å². The van der Waals surface area contributed by atoms with Crippen LogP contribution in [0.1, 0.15) is 39.3 Å². The number of thioether (sulfide) groups is 1. The number of aromatic nitrogens is 4. The van der Waals surface area contributed by atoms with Gasteiger partial charge in [-0.05, 0) is 32.8 Å². The Balaban J connectivity index is 1.63. The van der Waals surface area contributed by atoms with Gasteiger partial charge in [0.15, 0.2) is 10.3 Å². The Kier molecular flexibility index (Phi) is 6.28. The van der Waals surface area contributed by atoms with Gasteiger partial charge in [-0.3, -0.25) is 4.79 Å². The zero-order valence-corrected chi connectivity index (χ0v) is 17.5. The van der Waals surface area contributed by atoms with Crippen LogP contribution in [0.3, 0.4) is 0 Å². The smallest absolute Gasteiger partial charge is 0.239 e. The number of amides is 1. The van der Waals surface area contributed by atoms with E-state index in [1.165, 1.54) is 28.7 Å². The van der Waals surface area contributed by atoms with E-state index >= 15 is 0 Å². The minimum atomic E-state index is -0.303. The third-order valence-corrected chi connectivity index (χ3v) is 5.97. The van der Waals surface area contributed by atoms with Crippen LogP contribution in [0.5, 0.6) is 0 Å². The average molecular weight is 402 g/mol. The summed E-state index contributed by atoms with van der Waals surface area (Å²) in [6, 6.07) is 8.60. The number of hydrogen-bond donors (Lipinski definition) is 1. The van der Waals surface area contributed by atoms with Crippen molar-refractivity contribution in [1.29, 1.82) is 0 Å². The summed E-state index contributed by atoms with van der Waals surface area (Å²) in [6.45, 7) is 8.11. The summed E-state index contributed by atoms with van der Waals surface area (Å²) in [6.07, 6.45) is 2.70. The molecule has 0 aliphatic rings. The van der Waals surface area contributed by atoms with Gasteiger partial charge < -0.3 is 9.88 Å². The number of carbonyl (C=O) groups excluding carboxylic acids is 1. The zero-order chi connectivity index (χ0) is 19.4. The molecule has 0 aliphatic carbocycles. The lowest BCUT2D eigenvalue weighted by atomic mass is 10.1. The quantitative estimate of drug-likeness (QED) is 0.583. The van der Waals surface area contributed by atoms with Gasteiger partial charge in [0.25, 0.3) is 0 Å². The molecule has 6 nitrogen and oxygen atoms in total. The summed E-state index contributed by atoms with van der Waals surface area (Å²) in [4.78, 5) is 17.1. The van der Waals surface area contributed by atoms with Crippen molar-refractivity contribution in [3.05, 3.63) is 41.5 Å². The first kappa shape index (κ1) is 19.6. The van der Waals surface area contributed by atoms with Crippen LogP contribution in [0.4, 0.5) is 5.13 Å². The van der Waals surface area contributed by atoms with E-state index in [4.69, 9.17) is 0 Å². The van der Waals surface area contributed by atoms with Crippen LogP contribution in [-0.2, 0) is 11.2 Å². The van der Waals surface area contributed by atoms with Crippen molar-refractivity contribution in [2.75, 3.05) is 5.32 Å². The van der Waals surface area contributed by atoms with Crippen LogP contribution < -0.4 is 5.32 Å². The molecule has 142 valence electrons. The molecule has 3 aromatic rings. The van der Waals surface area contributed by atoms with Crippen molar-refractivity contribution in [2.45, 2.75) is 50.6 Å². The van der Waals surface area contributed by atoms with Crippen molar-refractivity contribution >= 4 is 34.1 Å². The number of nitrogens with zero attached hydrogens (tertiary/aromatic N) is 4. The van der Waals surface area contributed by atoms with Crippen molar-refractivity contribution in [3.63, 3.8) is 0 Å². The molecule has 1 aromatic carbocycles. The summed E-state index contributed by atoms with van der Waals surface area (Å²) in [5.41, 5.74) is 3.22. The second-order valence-electron chi connectivity index (χ2n) is 6.45. The molecule has 1 amide bonds. The lowest BCUT2D eigenvalue weighted by molar-refractivity contribution is -0.115.